The van der Waals surface area contributed by atoms with Crippen molar-refractivity contribution in [2.75, 3.05) is 13.7 Å². The first-order valence-electron chi connectivity index (χ1n) is 8.97. The number of esters is 1. The summed E-state index contributed by atoms with van der Waals surface area (Å²) in [7, 11) is 1.62. The van der Waals surface area contributed by atoms with E-state index in [-0.39, 0.29) is 12.3 Å². The molecule has 0 aliphatic rings. The Bertz CT molecular complexity index is 1120. The fraction of sp³-hybridized carbons (Fsp3) is 0.136. The third-order valence-electron chi connectivity index (χ3n) is 4.37. The van der Waals surface area contributed by atoms with Crippen LogP contribution < -0.4 is 4.74 Å². The van der Waals surface area contributed by atoms with Crippen molar-refractivity contribution in [2.45, 2.75) is 6.92 Å². The highest BCUT2D eigenvalue weighted by Gasteiger charge is 2.17. The van der Waals surface area contributed by atoms with Gasteiger partial charge >= 0.3 is 5.97 Å². The summed E-state index contributed by atoms with van der Waals surface area (Å²) in [5, 5.41) is 4.72. The highest BCUT2D eigenvalue weighted by molar-refractivity contribution is 5.89. The van der Waals surface area contributed by atoms with E-state index in [9.17, 15) is 4.79 Å². The number of rotatable bonds is 5. The van der Waals surface area contributed by atoms with Gasteiger partial charge in [-0.1, -0.05) is 30.3 Å². The van der Waals surface area contributed by atoms with Gasteiger partial charge in [-0.3, -0.25) is 0 Å². The molecular weight excluding hydrogens is 354 g/mol. The number of carbonyl (C=O) groups excluding carboxylic acids is 1. The lowest BCUT2D eigenvalue weighted by Crippen LogP contribution is -2.09. The topological polar surface area (TPSA) is 65.7 Å². The monoisotopic (exact) mass is 373 g/mol. The Morgan fingerprint density at radius 1 is 1.00 bits per heavy atom. The zero-order chi connectivity index (χ0) is 19.5. The molecule has 0 aliphatic carbocycles. The lowest BCUT2D eigenvalue weighted by atomic mass is 10.1. The van der Waals surface area contributed by atoms with Crippen molar-refractivity contribution in [3.63, 3.8) is 0 Å². The van der Waals surface area contributed by atoms with Crippen molar-refractivity contribution in [2.24, 2.45) is 0 Å². The predicted molar refractivity (Wildman–Crippen MR) is 106 cm³/mol. The number of fused-ring (bicyclic) bond motifs is 1. The fourth-order valence-corrected chi connectivity index (χ4v) is 3.00. The molecule has 0 atom stereocenters. The highest BCUT2D eigenvalue weighted by Crippen LogP contribution is 2.26. The van der Waals surface area contributed by atoms with Gasteiger partial charge in [0.1, 0.15) is 5.75 Å². The van der Waals surface area contributed by atoms with Gasteiger partial charge in [-0.2, -0.15) is 5.10 Å². The van der Waals surface area contributed by atoms with E-state index in [1.54, 1.807) is 24.6 Å². The number of benzene rings is 2. The number of carbonyl (C=O) groups is 1. The Morgan fingerprint density at radius 3 is 2.43 bits per heavy atom. The van der Waals surface area contributed by atoms with E-state index < -0.39 is 5.97 Å². The third-order valence-corrected chi connectivity index (χ3v) is 4.37. The van der Waals surface area contributed by atoms with Crippen molar-refractivity contribution in [1.82, 2.24) is 14.6 Å². The molecule has 0 bridgehead atoms. The van der Waals surface area contributed by atoms with E-state index in [2.05, 4.69) is 4.98 Å². The number of aromatic nitrogens is 3. The molecule has 0 saturated carbocycles. The Labute approximate surface area is 162 Å². The minimum Gasteiger partial charge on any atom is -0.497 e. The second-order valence-corrected chi connectivity index (χ2v) is 6.14. The minimum absolute atomic E-state index is 0.250. The molecule has 2 aromatic carbocycles. The summed E-state index contributed by atoms with van der Waals surface area (Å²) in [6.45, 7) is 2.06. The van der Waals surface area contributed by atoms with Gasteiger partial charge in [0.15, 0.2) is 11.3 Å². The molecular formula is C22H19N3O3. The van der Waals surface area contributed by atoms with Crippen LogP contribution >= 0.6 is 0 Å². The molecule has 28 heavy (non-hydrogen) atoms. The highest BCUT2D eigenvalue weighted by atomic mass is 16.5. The van der Waals surface area contributed by atoms with Gasteiger partial charge in [-0.05, 0) is 37.3 Å². The number of nitrogens with zero attached hydrogens (tertiary/aromatic N) is 3. The van der Waals surface area contributed by atoms with Crippen LogP contribution in [0.1, 0.15) is 17.4 Å². The van der Waals surface area contributed by atoms with Crippen molar-refractivity contribution in [1.29, 1.82) is 0 Å². The van der Waals surface area contributed by atoms with Gasteiger partial charge in [0, 0.05) is 17.2 Å². The van der Waals surface area contributed by atoms with E-state index in [4.69, 9.17) is 14.6 Å². The van der Waals surface area contributed by atoms with Crippen LogP contribution in [0, 0.1) is 0 Å². The molecule has 6 heteroatoms. The Kier molecular flexibility index (Phi) is 4.76. The number of ether oxygens (including phenoxy) is 2. The van der Waals surface area contributed by atoms with Crippen LogP contribution in [-0.2, 0) is 4.74 Å². The molecule has 6 nitrogen and oxygen atoms in total. The first kappa shape index (κ1) is 17.7. The van der Waals surface area contributed by atoms with Crippen molar-refractivity contribution in [3.8, 4) is 28.3 Å². The minimum atomic E-state index is -0.456. The lowest BCUT2D eigenvalue weighted by Gasteiger charge is -2.08. The molecule has 0 saturated heterocycles. The Balaban J connectivity index is 1.91. The summed E-state index contributed by atoms with van der Waals surface area (Å²) >= 11 is 0. The smallest absolute Gasteiger partial charge is 0.357 e. The molecule has 0 amide bonds. The standard InChI is InChI=1S/C22H19N3O3/c1-3-28-22(26)19-13-20(16-9-11-17(27-2)12-10-16)25-21(23-19)14-18(24-25)15-7-5-4-6-8-15/h4-14H,3H2,1-2H3. The summed E-state index contributed by atoms with van der Waals surface area (Å²) in [6, 6.07) is 21.0. The van der Waals surface area contributed by atoms with Crippen molar-refractivity contribution in [3.05, 3.63) is 72.4 Å². The van der Waals surface area contributed by atoms with Crippen LogP contribution in [-0.4, -0.2) is 34.3 Å². The zero-order valence-corrected chi connectivity index (χ0v) is 15.6. The SMILES string of the molecule is CCOC(=O)c1cc(-c2ccc(OC)cc2)n2nc(-c3ccccc3)cc2n1. The summed E-state index contributed by atoms with van der Waals surface area (Å²) in [4.78, 5) is 16.8. The molecule has 4 rings (SSSR count). The lowest BCUT2D eigenvalue weighted by molar-refractivity contribution is 0.0519. The first-order valence-corrected chi connectivity index (χ1v) is 8.97. The van der Waals surface area contributed by atoms with E-state index in [0.29, 0.717) is 5.65 Å². The Morgan fingerprint density at radius 2 is 1.75 bits per heavy atom. The number of hydrogen-bond acceptors (Lipinski definition) is 5. The maximum atomic E-state index is 12.3. The molecule has 0 aliphatic heterocycles. The second-order valence-electron chi connectivity index (χ2n) is 6.14. The van der Waals surface area contributed by atoms with Crippen LogP contribution in [0.3, 0.4) is 0 Å². The normalized spacial score (nSPS) is 10.8. The van der Waals surface area contributed by atoms with Gasteiger partial charge < -0.3 is 9.47 Å². The quantitative estimate of drug-likeness (QED) is 0.489. The van der Waals surface area contributed by atoms with E-state index in [1.165, 1.54) is 0 Å². The molecule has 4 aromatic rings. The van der Waals surface area contributed by atoms with E-state index >= 15 is 0 Å². The van der Waals surface area contributed by atoms with Crippen LogP contribution in [0.25, 0.3) is 28.2 Å². The first-order chi connectivity index (χ1) is 13.7. The molecule has 2 heterocycles. The molecule has 2 aromatic heterocycles. The predicted octanol–water partition coefficient (Wildman–Crippen LogP) is 4.25. The summed E-state index contributed by atoms with van der Waals surface area (Å²) in [6.07, 6.45) is 0. The van der Waals surface area contributed by atoms with Gasteiger partial charge in [0.05, 0.1) is 25.1 Å². The van der Waals surface area contributed by atoms with Crippen LogP contribution in [0.5, 0.6) is 5.75 Å². The molecule has 0 fully saturated rings. The largest absolute Gasteiger partial charge is 0.497 e. The molecule has 0 spiro atoms. The molecule has 0 radical (unpaired) electrons. The summed E-state index contributed by atoms with van der Waals surface area (Å²) in [5.74, 6) is 0.298. The van der Waals surface area contributed by atoms with Crippen molar-refractivity contribution >= 4 is 11.6 Å². The van der Waals surface area contributed by atoms with Crippen molar-refractivity contribution < 1.29 is 14.3 Å². The molecule has 0 N–H and O–H groups in total. The maximum Gasteiger partial charge on any atom is 0.357 e. The number of methoxy groups -OCH3 is 1. The average Bonchev–Trinajstić information content (AvgIpc) is 3.18. The maximum absolute atomic E-state index is 12.3. The average molecular weight is 373 g/mol. The molecule has 0 unspecified atom stereocenters. The second kappa shape index (κ2) is 7.52. The Hall–Kier alpha value is -3.67. The van der Waals surface area contributed by atoms with Gasteiger partial charge in [0.2, 0.25) is 0 Å². The third kappa shape index (κ3) is 3.32. The fourth-order valence-electron chi connectivity index (χ4n) is 3.00. The van der Waals surface area contributed by atoms with Crippen LogP contribution in [0.4, 0.5) is 0 Å². The van der Waals surface area contributed by atoms with E-state index in [1.807, 2.05) is 60.7 Å². The van der Waals surface area contributed by atoms with Gasteiger partial charge in [0.25, 0.3) is 0 Å². The summed E-state index contributed by atoms with van der Waals surface area (Å²) in [5.41, 5.74) is 4.23. The zero-order valence-electron chi connectivity index (χ0n) is 15.6. The van der Waals surface area contributed by atoms with Gasteiger partial charge in [-0.15, -0.1) is 0 Å². The van der Waals surface area contributed by atoms with Crippen LogP contribution in [0.15, 0.2) is 66.7 Å². The number of hydrogen-bond donors (Lipinski definition) is 0. The van der Waals surface area contributed by atoms with Crippen LogP contribution in [0.2, 0.25) is 0 Å². The molecule has 140 valence electrons. The van der Waals surface area contributed by atoms with E-state index in [0.717, 1.165) is 28.3 Å². The summed E-state index contributed by atoms with van der Waals surface area (Å²) < 4.78 is 12.1. The van der Waals surface area contributed by atoms with Gasteiger partial charge in [-0.25, -0.2) is 14.3 Å².